The van der Waals surface area contributed by atoms with Crippen molar-refractivity contribution in [2.45, 2.75) is 6.92 Å². The van der Waals surface area contributed by atoms with Gasteiger partial charge in [-0.05, 0) is 60.5 Å². The van der Waals surface area contributed by atoms with E-state index in [1.54, 1.807) is 0 Å². The quantitative estimate of drug-likeness (QED) is 0.263. The lowest BCUT2D eigenvalue weighted by Gasteiger charge is -2.25. The number of para-hydroxylation sites is 1. The summed E-state index contributed by atoms with van der Waals surface area (Å²) in [4.78, 5) is 2.34. The summed E-state index contributed by atoms with van der Waals surface area (Å²) in [7, 11) is 0. The van der Waals surface area contributed by atoms with E-state index in [4.69, 9.17) is 0 Å². The smallest absolute Gasteiger partial charge is 0.0476 e. The molecular weight excluding hydrogens is 418 g/mol. The maximum Gasteiger partial charge on any atom is 0.0476 e. The molecule has 0 bridgehead atoms. The van der Waals surface area contributed by atoms with Crippen molar-refractivity contribution in [2.75, 3.05) is 4.90 Å². The van der Waals surface area contributed by atoms with Crippen LogP contribution >= 0.6 is 11.3 Å². The molecule has 0 spiro atoms. The first-order valence-electron chi connectivity index (χ1n) is 11.2. The Kier molecular flexibility index (Phi) is 4.93. The number of aryl methyl sites for hydroxylation is 1. The predicted octanol–water partition coefficient (Wildman–Crippen LogP) is 9.50. The minimum Gasteiger partial charge on any atom is -0.310 e. The first-order chi connectivity index (χ1) is 16.3. The van der Waals surface area contributed by atoms with Gasteiger partial charge in [0.2, 0.25) is 0 Å². The molecule has 0 atom stereocenters. The van der Waals surface area contributed by atoms with Crippen molar-refractivity contribution in [3.05, 3.63) is 127 Å². The monoisotopic (exact) mass is 441 g/mol. The second kappa shape index (κ2) is 8.23. The minimum absolute atomic E-state index is 1.15. The third-order valence-corrected chi connectivity index (χ3v) is 7.28. The summed E-state index contributed by atoms with van der Waals surface area (Å²) in [6, 6.07) is 43.7. The number of anilines is 3. The summed E-state index contributed by atoms with van der Waals surface area (Å²) in [5.41, 5.74) is 7.22. The maximum atomic E-state index is 2.34. The largest absolute Gasteiger partial charge is 0.310 e. The van der Waals surface area contributed by atoms with Crippen LogP contribution in [-0.4, -0.2) is 0 Å². The van der Waals surface area contributed by atoms with Gasteiger partial charge in [0.15, 0.2) is 0 Å². The van der Waals surface area contributed by atoms with E-state index in [1.807, 2.05) is 11.3 Å². The standard InChI is InChI=1S/C31H23NS/c1-22-11-13-23(14-12-22)24-15-17-26(18-16-24)32(25-7-3-2-4-8-25)27-19-20-29-28-9-5-6-10-30(28)33-31(29)21-27/h2-21H,1H3. The average Bonchev–Trinajstić information content (AvgIpc) is 3.24. The van der Waals surface area contributed by atoms with Crippen LogP contribution in [-0.2, 0) is 0 Å². The van der Waals surface area contributed by atoms with Crippen LogP contribution in [0.3, 0.4) is 0 Å². The minimum atomic E-state index is 1.15. The highest BCUT2D eigenvalue weighted by Crippen LogP contribution is 2.40. The van der Waals surface area contributed by atoms with E-state index in [9.17, 15) is 0 Å². The Bertz CT molecular complexity index is 1540. The number of hydrogen-bond acceptors (Lipinski definition) is 2. The van der Waals surface area contributed by atoms with Crippen molar-refractivity contribution in [1.29, 1.82) is 0 Å². The van der Waals surface area contributed by atoms with Crippen LogP contribution in [0.1, 0.15) is 5.56 Å². The van der Waals surface area contributed by atoms with Crippen molar-refractivity contribution in [2.24, 2.45) is 0 Å². The zero-order valence-electron chi connectivity index (χ0n) is 18.4. The molecule has 0 fully saturated rings. The van der Waals surface area contributed by atoms with Gasteiger partial charge in [0, 0.05) is 37.2 Å². The summed E-state index contributed by atoms with van der Waals surface area (Å²) in [5.74, 6) is 0. The Balaban J connectivity index is 1.46. The van der Waals surface area contributed by atoms with Crippen LogP contribution < -0.4 is 4.90 Å². The molecule has 0 saturated carbocycles. The number of hydrogen-bond donors (Lipinski definition) is 0. The van der Waals surface area contributed by atoms with Crippen LogP contribution in [0.15, 0.2) is 121 Å². The summed E-state index contributed by atoms with van der Waals surface area (Å²) in [6.07, 6.45) is 0. The van der Waals surface area contributed by atoms with Crippen molar-refractivity contribution in [3.63, 3.8) is 0 Å². The van der Waals surface area contributed by atoms with E-state index in [1.165, 1.54) is 42.6 Å². The molecule has 0 aliphatic carbocycles. The fraction of sp³-hybridized carbons (Fsp3) is 0.0323. The molecule has 5 aromatic carbocycles. The van der Waals surface area contributed by atoms with Gasteiger partial charge in [-0.2, -0.15) is 0 Å². The topological polar surface area (TPSA) is 3.24 Å². The van der Waals surface area contributed by atoms with Gasteiger partial charge in [0.1, 0.15) is 0 Å². The lowest BCUT2D eigenvalue weighted by atomic mass is 10.0. The predicted molar refractivity (Wildman–Crippen MR) is 144 cm³/mol. The number of benzene rings is 5. The highest BCUT2D eigenvalue weighted by molar-refractivity contribution is 7.25. The third-order valence-electron chi connectivity index (χ3n) is 6.15. The van der Waals surface area contributed by atoms with E-state index >= 15 is 0 Å². The van der Waals surface area contributed by atoms with Crippen LogP contribution in [0.25, 0.3) is 31.3 Å². The Morgan fingerprint density at radius 1 is 0.485 bits per heavy atom. The summed E-state index contributed by atoms with van der Waals surface area (Å²) >= 11 is 1.86. The molecule has 6 aromatic rings. The molecule has 0 N–H and O–H groups in total. The lowest BCUT2D eigenvalue weighted by Crippen LogP contribution is -2.09. The molecule has 0 amide bonds. The van der Waals surface area contributed by atoms with Gasteiger partial charge in [-0.15, -0.1) is 11.3 Å². The molecule has 1 aromatic heterocycles. The number of thiophene rings is 1. The Labute approximate surface area is 198 Å². The average molecular weight is 442 g/mol. The van der Waals surface area contributed by atoms with Crippen molar-refractivity contribution in [1.82, 2.24) is 0 Å². The van der Waals surface area contributed by atoms with Gasteiger partial charge in [-0.1, -0.05) is 84.4 Å². The molecule has 158 valence electrons. The summed E-state index contributed by atoms with van der Waals surface area (Å²) in [6.45, 7) is 2.12. The summed E-state index contributed by atoms with van der Waals surface area (Å²) in [5, 5.41) is 2.65. The maximum absolute atomic E-state index is 2.34. The van der Waals surface area contributed by atoms with E-state index < -0.39 is 0 Å². The van der Waals surface area contributed by atoms with Gasteiger partial charge in [0.05, 0.1) is 0 Å². The van der Waals surface area contributed by atoms with Gasteiger partial charge in [-0.3, -0.25) is 0 Å². The normalized spacial score (nSPS) is 11.2. The van der Waals surface area contributed by atoms with Crippen molar-refractivity contribution >= 4 is 48.6 Å². The van der Waals surface area contributed by atoms with Crippen LogP contribution in [0, 0.1) is 6.92 Å². The van der Waals surface area contributed by atoms with Crippen LogP contribution in [0.4, 0.5) is 17.1 Å². The van der Waals surface area contributed by atoms with Crippen LogP contribution in [0.2, 0.25) is 0 Å². The van der Waals surface area contributed by atoms with Gasteiger partial charge in [0.25, 0.3) is 0 Å². The molecule has 0 aliphatic rings. The van der Waals surface area contributed by atoms with Crippen LogP contribution in [0.5, 0.6) is 0 Å². The second-order valence-electron chi connectivity index (χ2n) is 8.36. The number of fused-ring (bicyclic) bond motifs is 3. The fourth-order valence-corrected chi connectivity index (χ4v) is 5.57. The Hall–Kier alpha value is -3.88. The van der Waals surface area contributed by atoms with Gasteiger partial charge in [-0.25, -0.2) is 0 Å². The molecule has 0 unspecified atom stereocenters. The van der Waals surface area contributed by atoms with Crippen molar-refractivity contribution < 1.29 is 0 Å². The zero-order chi connectivity index (χ0) is 22.2. The highest BCUT2D eigenvalue weighted by atomic mass is 32.1. The van der Waals surface area contributed by atoms with Crippen molar-refractivity contribution in [3.8, 4) is 11.1 Å². The van der Waals surface area contributed by atoms with Gasteiger partial charge < -0.3 is 4.90 Å². The second-order valence-corrected chi connectivity index (χ2v) is 9.45. The molecule has 0 aliphatic heterocycles. The highest BCUT2D eigenvalue weighted by Gasteiger charge is 2.14. The third kappa shape index (κ3) is 3.69. The Morgan fingerprint density at radius 2 is 1.06 bits per heavy atom. The fourth-order valence-electron chi connectivity index (χ4n) is 4.43. The zero-order valence-corrected chi connectivity index (χ0v) is 19.2. The van der Waals surface area contributed by atoms with Gasteiger partial charge >= 0.3 is 0 Å². The first kappa shape index (κ1) is 19.8. The van der Waals surface area contributed by atoms with E-state index in [2.05, 4.69) is 133 Å². The SMILES string of the molecule is Cc1ccc(-c2ccc(N(c3ccccc3)c3ccc4c(c3)sc3ccccc34)cc2)cc1. The molecule has 1 nitrogen and oxygen atoms in total. The molecule has 0 saturated heterocycles. The van der Waals surface area contributed by atoms with E-state index in [0.717, 1.165) is 11.4 Å². The molecule has 1 heterocycles. The number of rotatable bonds is 4. The summed E-state index contributed by atoms with van der Waals surface area (Å²) < 4.78 is 2.64. The van der Waals surface area contributed by atoms with E-state index in [-0.39, 0.29) is 0 Å². The number of nitrogens with zero attached hydrogens (tertiary/aromatic N) is 1. The lowest BCUT2D eigenvalue weighted by molar-refractivity contribution is 1.29. The molecule has 33 heavy (non-hydrogen) atoms. The molecular formula is C31H23NS. The first-order valence-corrected chi connectivity index (χ1v) is 12.0. The Morgan fingerprint density at radius 3 is 1.82 bits per heavy atom. The molecule has 2 heteroatoms. The molecule has 0 radical (unpaired) electrons. The molecule has 6 rings (SSSR count). The van der Waals surface area contributed by atoms with E-state index in [0.29, 0.717) is 0 Å².